The number of aromatic nitrogens is 4. The second-order valence-electron chi connectivity index (χ2n) is 13.3. The maximum atomic E-state index is 9.55. The van der Waals surface area contributed by atoms with Crippen LogP contribution in [0.2, 0.25) is 0 Å². The molecule has 0 fully saturated rings. The Bertz CT molecular complexity index is 2740. The molecule has 0 saturated carbocycles. The van der Waals surface area contributed by atoms with E-state index in [1.165, 1.54) is 5.56 Å². The largest absolute Gasteiger partial charge is 0.464 e. The van der Waals surface area contributed by atoms with E-state index in [9.17, 15) is 2.74 Å². The molecule has 0 N–H and O–H groups in total. The minimum Gasteiger partial charge on any atom is -0.464 e. The molecule has 0 unspecified atom stereocenters. The van der Waals surface area contributed by atoms with Gasteiger partial charge in [0.25, 0.3) is 6.33 Å². The number of benzene rings is 5. The number of fused-ring (bicyclic) bond motifs is 5. The third-order valence-corrected chi connectivity index (χ3v) is 9.17. The standard InChI is InChI=1S/C43H34N4O/c1-43(2,3)31-11-9-13-33(27-31)46-28-45(38-16-6-7-17-39(38)46)32-12-8-10-29(25-32)24-30-18-19-35-34-14-4-5-15-37(34)47(40(35)26-30)42-36-21-23-48-41(36)20-22-44-42/h4-23,25-27H,24H2,1-3H3/i24D2. The molecule has 0 spiro atoms. The van der Waals surface area contributed by atoms with Gasteiger partial charge in [-0.2, -0.15) is 0 Å². The van der Waals surface area contributed by atoms with Gasteiger partial charge in [0, 0.05) is 19.7 Å². The van der Waals surface area contributed by atoms with E-state index in [1.807, 2.05) is 83.4 Å². The smallest absolute Gasteiger partial charge is 0.269 e. The number of imidazole rings is 1. The Morgan fingerprint density at radius 1 is 0.729 bits per heavy atom. The van der Waals surface area contributed by atoms with Crippen molar-refractivity contribution in [3.8, 4) is 17.2 Å². The fourth-order valence-corrected chi connectivity index (χ4v) is 6.78. The molecule has 0 aliphatic heterocycles. The van der Waals surface area contributed by atoms with Crippen LogP contribution < -0.4 is 4.57 Å². The van der Waals surface area contributed by atoms with E-state index in [-0.39, 0.29) is 5.41 Å². The molecule has 0 aliphatic rings. The van der Waals surface area contributed by atoms with Gasteiger partial charge in [0.2, 0.25) is 0 Å². The molecule has 5 aromatic carbocycles. The van der Waals surface area contributed by atoms with E-state index in [4.69, 9.17) is 9.40 Å². The summed E-state index contributed by atoms with van der Waals surface area (Å²) in [6, 6.07) is 42.5. The average Bonchev–Trinajstić information content (AvgIpc) is 3.86. The summed E-state index contributed by atoms with van der Waals surface area (Å²) >= 11 is 0. The number of para-hydroxylation sites is 3. The molecule has 4 heterocycles. The molecule has 0 atom stereocenters. The van der Waals surface area contributed by atoms with Crippen molar-refractivity contribution in [3.05, 3.63) is 163 Å². The first-order valence-corrected chi connectivity index (χ1v) is 16.2. The zero-order valence-electron chi connectivity index (χ0n) is 29.0. The van der Waals surface area contributed by atoms with E-state index >= 15 is 0 Å². The second kappa shape index (κ2) is 10.8. The van der Waals surface area contributed by atoms with E-state index in [2.05, 4.69) is 84.8 Å². The first-order chi connectivity index (χ1) is 24.2. The molecule has 4 aromatic heterocycles. The van der Waals surface area contributed by atoms with E-state index in [0.717, 1.165) is 61.0 Å². The van der Waals surface area contributed by atoms with Gasteiger partial charge in [0.1, 0.15) is 11.4 Å². The van der Waals surface area contributed by atoms with Crippen molar-refractivity contribution in [1.29, 1.82) is 0 Å². The van der Waals surface area contributed by atoms with Crippen LogP contribution in [0.15, 0.2) is 144 Å². The van der Waals surface area contributed by atoms with Gasteiger partial charge in [-0.1, -0.05) is 99.6 Å². The third kappa shape index (κ3) is 4.62. The van der Waals surface area contributed by atoms with Gasteiger partial charge in [0.15, 0.2) is 0 Å². The molecule has 9 aromatic rings. The van der Waals surface area contributed by atoms with Crippen molar-refractivity contribution >= 4 is 43.8 Å². The second-order valence-corrected chi connectivity index (χ2v) is 13.3. The number of furan rings is 1. The summed E-state index contributed by atoms with van der Waals surface area (Å²) in [5.41, 5.74) is 8.87. The van der Waals surface area contributed by atoms with Crippen LogP contribution in [0.5, 0.6) is 0 Å². The van der Waals surface area contributed by atoms with Crippen LogP contribution in [-0.4, -0.2) is 14.1 Å². The van der Waals surface area contributed by atoms with Gasteiger partial charge >= 0.3 is 0 Å². The Hall–Kier alpha value is -5.94. The van der Waals surface area contributed by atoms with E-state index in [1.54, 1.807) is 12.5 Å². The monoisotopic (exact) mass is 624 g/mol. The fraction of sp³-hybridized carbons (Fsp3) is 0.116. The molecular formula is C43H34N4O. The Morgan fingerprint density at radius 3 is 2.42 bits per heavy atom. The maximum absolute atomic E-state index is 9.55. The lowest BCUT2D eigenvalue weighted by atomic mass is 9.87. The lowest BCUT2D eigenvalue weighted by Crippen LogP contribution is -2.30. The summed E-state index contributed by atoms with van der Waals surface area (Å²) in [7, 11) is 0. The van der Waals surface area contributed by atoms with Crippen LogP contribution in [0.1, 0.15) is 40.2 Å². The lowest BCUT2D eigenvalue weighted by molar-refractivity contribution is -0.572. The first kappa shape index (κ1) is 26.2. The Kier molecular flexibility index (Phi) is 5.89. The van der Waals surface area contributed by atoms with Crippen LogP contribution in [0.3, 0.4) is 0 Å². The van der Waals surface area contributed by atoms with Gasteiger partial charge in [0.05, 0.1) is 45.1 Å². The van der Waals surface area contributed by atoms with Gasteiger partial charge in [-0.05, 0) is 77.0 Å². The quantitative estimate of drug-likeness (QED) is 0.141. The Labute approximate surface area is 281 Å². The van der Waals surface area contributed by atoms with Gasteiger partial charge in [-0.3, -0.25) is 13.7 Å². The molecule has 48 heavy (non-hydrogen) atoms. The Morgan fingerprint density at radius 2 is 1.52 bits per heavy atom. The molecule has 232 valence electrons. The highest BCUT2D eigenvalue weighted by molar-refractivity contribution is 6.10. The van der Waals surface area contributed by atoms with Crippen molar-refractivity contribution in [2.45, 2.75) is 32.6 Å². The minimum atomic E-state index is -1.81. The number of hydrogen-bond donors (Lipinski definition) is 0. The predicted molar refractivity (Wildman–Crippen MR) is 193 cm³/mol. The Balaban J connectivity index is 1.18. The van der Waals surface area contributed by atoms with Crippen molar-refractivity contribution in [3.63, 3.8) is 0 Å². The molecular weight excluding hydrogens is 589 g/mol. The molecule has 0 saturated heterocycles. The van der Waals surface area contributed by atoms with Crippen molar-refractivity contribution in [1.82, 2.24) is 14.1 Å². The van der Waals surface area contributed by atoms with Crippen LogP contribution >= 0.6 is 0 Å². The summed E-state index contributed by atoms with van der Waals surface area (Å²) in [5.74, 6) is 0.749. The number of rotatable bonds is 5. The summed E-state index contributed by atoms with van der Waals surface area (Å²) in [4.78, 5) is 4.78. The van der Waals surface area contributed by atoms with Crippen LogP contribution in [0, 0.1) is 6.33 Å². The molecule has 0 amide bonds. The zero-order chi connectivity index (χ0) is 34.2. The maximum Gasteiger partial charge on any atom is 0.269 e. The van der Waals surface area contributed by atoms with Gasteiger partial charge in [-0.15, -0.1) is 0 Å². The number of pyridine rings is 1. The van der Waals surface area contributed by atoms with Crippen molar-refractivity contribution < 1.29 is 11.7 Å². The predicted octanol–water partition coefficient (Wildman–Crippen LogP) is 9.83. The molecule has 5 nitrogen and oxygen atoms in total. The van der Waals surface area contributed by atoms with Crippen molar-refractivity contribution in [2.75, 3.05) is 0 Å². The minimum absolute atomic E-state index is 0.00925. The highest BCUT2D eigenvalue weighted by Crippen LogP contribution is 2.35. The zero-order valence-corrected chi connectivity index (χ0v) is 27.0. The highest BCUT2D eigenvalue weighted by atomic mass is 16.3. The third-order valence-electron chi connectivity index (χ3n) is 9.17. The molecule has 9 rings (SSSR count). The van der Waals surface area contributed by atoms with E-state index < -0.39 is 6.37 Å². The number of hydrogen-bond acceptors (Lipinski definition) is 2. The number of nitrogens with zero attached hydrogens (tertiary/aromatic N) is 4. The molecule has 0 bridgehead atoms. The first-order valence-electron chi connectivity index (χ1n) is 17.2. The highest BCUT2D eigenvalue weighted by Gasteiger charge is 2.18. The van der Waals surface area contributed by atoms with Crippen LogP contribution in [0.25, 0.3) is 61.0 Å². The summed E-state index contributed by atoms with van der Waals surface area (Å²) in [6.45, 7) is 6.66. The topological polar surface area (TPSA) is 39.8 Å². The van der Waals surface area contributed by atoms with Gasteiger partial charge < -0.3 is 4.42 Å². The molecule has 0 radical (unpaired) electrons. The fourth-order valence-electron chi connectivity index (χ4n) is 6.78. The normalized spacial score (nSPS) is 13.1. The SMILES string of the molecule is [2H]C([2H])(c1cccc(-n2[c-][n+](-c3cccc(C(C)(C)C)c3)c3ccccc32)c1)c1ccc2c3ccccc3n(-c3nccc4occc34)c2c1. The van der Waals surface area contributed by atoms with Crippen LogP contribution in [-0.2, 0) is 11.8 Å². The summed E-state index contributed by atoms with van der Waals surface area (Å²) < 4.78 is 31.0. The average molecular weight is 625 g/mol. The van der Waals surface area contributed by atoms with E-state index in [0.29, 0.717) is 11.1 Å². The van der Waals surface area contributed by atoms with Gasteiger partial charge in [-0.25, -0.2) is 4.98 Å². The summed E-state index contributed by atoms with van der Waals surface area (Å²) in [5, 5.41) is 3.01. The summed E-state index contributed by atoms with van der Waals surface area (Å²) in [6.07, 6.45) is 5.21. The molecule has 0 aliphatic carbocycles. The molecule has 5 heteroatoms. The van der Waals surface area contributed by atoms with Crippen LogP contribution in [0.4, 0.5) is 0 Å². The van der Waals surface area contributed by atoms with Crippen molar-refractivity contribution in [2.24, 2.45) is 0 Å². The lowest BCUT2D eigenvalue weighted by Gasteiger charge is -2.20.